The fraction of sp³-hybridized carbons (Fsp3) is 0.391. The lowest BCUT2D eigenvalue weighted by atomic mass is 10.1. The summed E-state index contributed by atoms with van der Waals surface area (Å²) >= 11 is 2.00. The predicted molar refractivity (Wildman–Crippen MR) is 122 cm³/mol. The zero-order chi connectivity index (χ0) is 20.8. The normalized spacial score (nSPS) is 17.6. The Morgan fingerprint density at radius 2 is 1.43 bits per heavy atom. The van der Waals surface area contributed by atoms with Crippen LogP contribution in [0.1, 0.15) is 15.9 Å². The summed E-state index contributed by atoms with van der Waals surface area (Å²) in [4.78, 5) is 31.5. The Labute approximate surface area is 182 Å². The van der Waals surface area contributed by atoms with Crippen LogP contribution in [0.4, 0.5) is 10.5 Å². The van der Waals surface area contributed by atoms with Crippen LogP contribution < -0.4 is 5.32 Å². The molecule has 158 valence electrons. The number of anilines is 1. The molecule has 0 aliphatic carbocycles. The molecule has 2 heterocycles. The second-order valence-corrected chi connectivity index (χ2v) is 8.85. The van der Waals surface area contributed by atoms with Crippen molar-refractivity contribution in [2.45, 2.75) is 6.54 Å². The summed E-state index contributed by atoms with van der Waals surface area (Å²) in [6, 6.07) is 17.3. The number of benzene rings is 2. The van der Waals surface area contributed by atoms with Crippen molar-refractivity contribution in [3.05, 3.63) is 65.7 Å². The van der Waals surface area contributed by atoms with Crippen LogP contribution in [0.25, 0.3) is 0 Å². The molecule has 0 atom stereocenters. The van der Waals surface area contributed by atoms with Gasteiger partial charge in [0, 0.05) is 68.6 Å². The fourth-order valence-corrected chi connectivity index (χ4v) is 4.83. The van der Waals surface area contributed by atoms with Crippen molar-refractivity contribution >= 4 is 29.4 Å². The fourth-order valence-electron chi connectivity index (χ4n) is 3.85. The van der Waals surface area contributed by atoms with Crippen LogP contribution in [0.5, 0.6) is 0 Å². The molecule has 1 N–H and O–H groups in total. The second kappa shape index (κ2) is 10.00. The lowest BCUT2D eigenvalue weighted by molar-refractivity contribution is 0.0671. The van der Waals surface area contributed by atoms with Gasteiger partial charge in [-0.3, -0.25) is 9.69 Å². The first-order valence-electron chi connectivity index (χ1n) is 10.5. The molecule has 0 radical (unpaired) electrons. The maximum Gasteiger partial charge on any atom is 0.321 e. The van der Waals surface area contributed by atoms with E-state index in [2.05, 4.69) is 16.3 Å². The second-order valence-electron chi connectivity index (χ2n) is 7.62. The van der Waals surface area contributed by atoms with E-state index in [1.807, 2.05) is 65.2 Å². The summed E-state index contributed by atoms with van der Waals surface area (Å²) in [7, 11) is 0. The third-order valence-electron chi connectivity index (χ3n) is 5.63. The highest BCUT2D eigenvalue weighted by molar-refractivity contribution is 7.99. The van der Waals surface area contributed by atoms with Crippen LogP contribution in [0.3, 0.4) is 0 Å². The number of piperazine rings is 1. The molecule has 2 aliphatic rings. The molecule has 3 amide bonds. The molecule has 30 heavy (non-hydrogen) atoms. The maximum absolute atomic E-state index is 12.9. The van der Waals surface area contributed by atoms with Crippen molar-refractivity contribution in [1.82, 2.24) is 14.7 Å². The molecule has 4 rings (SSSR count). The van der Waals surface area contributed by atoms with Gasteiger partial charge in [0.1, 0.15) is 0 Å². The van der Waals surface area contributed by atoms with Gasteiger partial charge in [0.15, 0.2) is 0 Å². The Balaban J connectivity index is 1.32. The summed E-state index contributed by atoms with van der Waals surface area (Å²) in [5.74, 6) is 2.36. The largest absolute Gasteiger partial charge is 0.335 e. The van der Waals surface area contributed by atoms with Crippen LogP contribution in [-0.4, -0.2) is 77.4 Å². The number of nitrogens with one attached hydrogen (secondary N) is 1. The van der Waals surface area contributed by atoms with E-state index in [9.17, 15) is 9.59 Å². The lowest BCUT2D eigenvalue weighted by Crippen LogP contribution is -2.51. The van der Waals surface area contributed by atoms with Gasteiger partial charge < -0.3 is 15.1 Å². The van der Waals surface area contributed by atoms with Crippen molar-refractivity contribution in [3.63, 3.8) is 0 Å². The zero-order valence-electron chi connectivity index (χ0n) is 17.1. The quantitative estimate of drug-likeness (QED) is 0.819. The zero-order valence-corrected chi connectivity index (χ0v) is 17.9. The molecule has 2 saturated heterocycles. The molecule has 0 bridgehead atoms. The number of amides is 3. The van der Waals surface area contributed by atoms with Crippen molar-refractivity contribution in [1.29, 1.82) is 0 Å². The van der Waals surface area contributed by atoms with Gasteiger partial charge in [-0.15, -0.1) is 0 Å². The van der Waals surface area contributed by atoms with Crippen molar-refractivity contribution in [2.24, 2.45) is 0 Å². The van der Waals surface area contributed by atoms with E-state index in [-0.39, 0.29) is 11.9 Å². The van der Waals surface area contributed by atoms with Crippen LogP contribution in [0, 0.1) is 0 Å². The number of hydrogen-bond donors (Lipinski definition) is 1. The molecule has 6 nitrogen and oxygen atoms in total. The predicted octanol–water partition coefficient (Wildman–Crippen LogP) is 3.23. The van der Waals surface area contributed by atoms with Crippen LogP contribution in [-0.2, 0) is 6.54 Å². The van der Waals surface area contributed by atoms with Crippen molar-refractivity contribution in [3.8, 4) is 0 Å². The number of carbonyl (C=O) groups is 2. The van der Waals surface area contributed by atoms with Gasteiger partial charge in [0.05, 0.1) is 0 Å². The van der Waals surface area contributed by atoms with Gasteiger partial charge in [-0.25, -0.2) is 4.79 Å². The number of hydrogen-bond acceptors (Lipinski definition) is 4. The minimum Gasteiger partial charge on any atom is -0.335 e. The smallest absolute Gasteiger partial charge is 0.321 e. The van der Waals surface area contributed by atoms with Gasteiger partial charge >= 0.3 is 6.03 Å². The Morgan fingerprint density at radius 1 is 0.800 bits per heavy atom. The van der Waals surface area contributed by atoms with Crippen LogP contribution in [0.15, 0.2) is 54.6 Å². The highest BCUT2D eigenvalue weighted by atomic mass is 32.2. The van der Waals surface area contributed by atoms with Gasteiger partial charge in [-0.2, -0.15) is 11.8 Å². The summed E-state index contributed by atoms with van der Waals surface area (Å²) in [6.45, 7) is 5.21. The summed E-state index contributed by atoms with van der Waals surface area (Å²) < 4.78 is 0. The van der Waals surface area contributed by atoms with Gasteiger partial charge in [-0.1, -0.05) is 36.4 Å². The topological polar surface area (TPSA) is 55.9 Å². The first-order chi connectivity index (χ1) is 14.7. The highest BCUT2D eigenvalue weighted by Gasteiger charge is 2.25. The van der Waals surface area contributed by atoms with Crippen LogP contribution in [0.2, 0.25) is 0 Å². The van der Waals surface area contributed by atoms with E-state index in [1.165, 1.54) is 11.5 Å². The summed E-state index contributed by atoms with van der Waals surface area (Å²) in [5.41, 5.74) is 2.72. The van der Waals surface area contributed by atoms with E-state index in [0.717, 1.165) is 30.9 Å². The number of carbonyl (C=O) groups excluding carboxylic acids is 2. The minimum atomic E-state index is -0.0940. The van der Waals surface area contributed by atoms with E-state index < -0.39 is 0 Å². The standard InChI is InChI=1S/C23H28N4O2S/c28-22(19-6-2-1-3-7-19)26-10-12-27(13-11-26)23(29)24-21-9-5-4-8-20(21)18-25-14-16-30-17-15-25/h1-9H,10-18H2,(H,24,29). The SMILES string of the molecule is O=C(Nc1ccccc1CN1CCSCC1)N1CCN(C(=O)c2ccccc2)CC1. The number of para-hydroxylation sites is 1. The third-order valence-corrected chi connectivity index (χ3v) is 6.57. The van der Waals surface area contributed by atoms with Crippen molar-refractivity contribution < 1.29 is 9.59 Å². The monoisotopic (exact) mass is 424 g/mol. The average Bonchev–Trinajstić information content (AvgIpc) is 2.81. The number of thioether (sulfide) groups is 1. The maximum atomic E-state index is 12.9. The summed E-state index contributed by atoms with van der Waals surface area (Å²) in [6.07, 6.45) is 0. The number of nitrogens with zero attached hydrogens (tertiary/aromatic N) is 3. The third kappa shape index (κ3) is 5.15. The molecule has 7 heteroatoms. The molecule has 0 aromatic heterocycles. The molecule has 2 aliphatic heterocycles. The molecule has 0 spiro atoms. The molecule has 0 unspecified atom stereocenters. The Bertz CT molecular complexity index is 863. The van der Waals surface area contributed by atoms with Gasteiger partial charge in [0.25, 0.3) is 5.91 Å². The molecule has 2 aromatic rings. The van der Waals surface area contributed by atoms with E-state index in [0.29, 0.717) is 31.7 Å². The first-order valence-corrected chi connectivity index (χ1v) is 11.6. The molecular formula is C23H28N4O2S. The van der Waals surface area contributed by atoms with Gasteiger partial charge in [0.2, 0.25) is 0 Å². The van der Waals surface area contributed by atoms with Gasteiger partial charge in [-0.05, 0) is 23.8 Å². The Morgan fingerprint density at radius 3 is 2.17 bits per heavy atom. The number of urea groups is 1. The molecular weight excluding hydrogens is 396 g/mol. The Hall–Kier alpha value is -2.51. The lowest BCUT2D eigenvalue weighted by Gasteiger charge is -2.35. The highest BCUT2D eigenvalue weighted by Crippen LogP contribution is 2.20. The van der Waals surface area contributed by atoms with Crippen LogP contribution >= 0.6 is 11.8 Å². The van der Waals surface area contributed by atoms with Crippen molar-refractivity contribution in [2.75, 3.05) is 56.1 Å². The Kier molecular flexibility index (Phi) is 6.92. The summed E-state index contributed by atoms with van der Waals surface area (Å²) in [5, 5.41) is 3.10. The molecule has 2 fully saturated rings. The minimum absolute atomic E-state index is 0.0284. The van der Waals surface area contributed by atoms with E-state index >= 15 is 0 Å². The molecule has 2 aromatic carbocycles. The van der Waals surface area contributed by atoms with E-state index in [1.54, 1.807) is 4.90 Å². The van der Waals surface area contributed by atoms with E-state index in [4.69, 9.17) is 0 Å². The molecule has 0 saturated carbocycles. The number of rotatable bonds is 4. The first kappa shape index (κ1) is 20.8. The average molecular weight is 425 g/mol.